The molecule has 0 unspecified atom stereocenters. The fourth-order valence-corrected chi connectivity index (χ4v) is 5.02. The average Bonchev–Trinajstić information content (AvgIpc) is 2.79. The van der Waals surface area contributed by atoms with Gasteiger partial charge in [-0.1, -0.05) is 12.1 Å². The van der Waals surface area contributed by atoms with Gasteiger partial charge in [0.25, 0.3) is 0 Å². The Morgan fingerprint density at radius 1 is 1.06 bits per heavy atom. The molecule has 4 rings (SSSR count). The van der Waals surface area contributed by atoms with Crippen LogP contribution in [0.3, 0.4) is 0 Å². The molecule has 0 radical (unpaired) electrons. The summed E-state index contributed by atoms with van der Waals surface area (Å²) in [7, 11) is -3.53. The lowest BCUT2D eigenvalue weighted by Gasteiger charge is -2.26. The summed E-state index contributed by atoms with van der Waals surface area (Å²) in [5.41, 5.74) is 2.55. The topological polar surface area (TPSA) is 102 Å². The summed E-state index contributed by atoms with van der Waals surface area (Å²) in [5, 5.41) is 2.79. The number of benzene rings is 2. The number of rotatable bonds is 6. The van der Waals surface area contributed by atoms with E-state index in [1.54, 1.807) is 42.5 Å². The van der Waals surface area contributed by atoms with Crippen molar-refractivity contribution in [3.05, 3.63) is 53.6 Å². The number of esters is 1. The third-order valence-electron chi connectivity index (χ3n) is 5.35. The minimum Gasteiger partial charge on any atom is -0.427 e. The van der Waals surface area contributed by atoms with Crippen LogP contribution in [0.4, 0.5) is 5.69 Å². The Bertz CT molecular complexity index is 1080. The lowest BCUT2D eigenvalue weighted by molar-refractivity contribution is -0.134. The number of hydrogen-bond donors (Lipinski definition) is 1. The molecule has 0 aromatic heterocycles. The number of nitrogens with one attached hydrogen (secondary N) is 1. The number of sulfonamides is 1. The zero-order valence-electron chi connectivity index (χ0n) is 17.0. The van der Waals surface area contributed by atoms with E-state index < -0.39 is 10.0 Å². The minimum absolute atomic E-state index is 0.0130. The predicted octanol–water partition coefficient (Wildman–Crippen LogP) is 2.13. The molecule has 0 aliphatic carbocycles. The molecular weight excluding hydrogens is 420 g/mol. The first-order valence-electron chi connectivity index (χ1n) is 10.2. The van der Waals surface area contributed by atoms with E-state index in [1.807, 2.05) is 0 Å². The summed E-state index contributed by atoms with van der Waals surface area (Å²) < 4.78 is 37.4. The zero-order valence-corrected chi connectivity index (χ0v) is 17.8. The van der Waals surface area contributed by atoms with Gasteiger partial charge in [-0.2, -0.15) is 4.31 Å². The number of anilines is 1. The normalized spacial score (nSPS) is 17.0. The number of hydrogen-bond acceptors (Lipinski definition) is 6. The van der Waals surface area contributed by atoms with Crippen LogP contribution >= 0.6 is 0 Å². The summed E-state index contributed by atoms with van der Waals surface area (Å²) >= 11 is 0. The van der Waals surface area contributed by atoms with Crippen LogP contribution in [-0.4, -0.2) is 50.9 Å². The number of aryl methyl sites for hydroxylation is 2. The van der Waals surface area contributed by atoms with Crippen LogP contribution in [0.15, 0.2) is 47.4 Å². The van der Waals surface area contributed by atoms with Gasteiger partial charge in [-0.05, 0) is 54.3 Å². The molecule has 0 atom stereocenters. The van der Waals surface area contributed by atoms with Gasteiger partial charge >= 0.3 is 5.97 Å². The summed E-state index contributed by atoms with van der Waals surface area (Å²) in [5.74, 6) is 0.0673. The van der Waals surface area contributed by atoms with Gasteiger partial charge in [-0.25, -0.2) is 8.42 Å². The quantitative estimate of drug-likeness (QED) is 0.541. The number of amides is 1. The van der Waals surface area contributed by atoms with Crippen LogP contribution in [0.5, 0.6) is 5.75 Å². The molecule has 2 aliphatic rings. The van der Waals surface area contributed by atoms with Crippen LogP contribution in [-0.2, 0) is 37.2 Å². The molecule has 1 N–H and O–H groups in total. The van der Waals surface area contributed by atoms with Crippen molar-refractivity contribution < 1.29 is 27.5 Å². The van der Waals surface area contributed by atoms with Crippen molar-refractivity contribution in [3.8, 4) is 5.75 Å². The molecule has 0 saturated carbocycles. The lowest BCUT2D eigenvalue weighted by atomic mass is 10.0. The predicted molar refractivity (Wildman–Crippen MR) is 113 cm³/mol. The van der Waals surface area contributed by atoms with Crippen molar-refractivity contribution >= 4 is 27.6 Å². The first kappa shape index (κ1) is 21.5. The second kappa shape index (κ2) is 9.17. The fraction of sp³-hybridized carbons (Fsp3) is 0.364. The highest BCUT2D eigenvalue weighted by molar-refractivity contribution is 7.89. The third-order valence-corrected chi connectivity index (χ3v) is 7.27. The largest absolute Gasteiger partial charge is 0.427 e. The van der Waals surface area contributed by atoms with Crippen molar-refractivity contribution in [2.24, 2.45) is 0 Å². The van der Waals surface area contributed by atoms with Crippen LogP contribution in [0.2, 0.25) is 0 Å². The highest BCUT2D eigenvalue weighted by Crippen LogP contribution is 2.27. The number of fused-ring (bicyclic) bond motifs is 1. The van der Waals surface area contributed by atoms with Gasteiger partial charge in [-0.15, -0.1) is 0 Å². The van der Waals surface area contributed by atoms with Gasteiger partial charge in [-0.3, -0.25) is 9.59 Å². The van der Waals surface area contributed by atoms with Gasteiger partial charge < -0.3 is 14.8 Å². The lowest BCUT2D eigenvalue weighted by Crippen LogP contribution is -2.40. The molecule has 31 heavy (non-hydrogen) atoms. The van der Waals surface area contributed by atoms with Gasteiger partial charge in [0.05, 0.1) is 18.1 Å². The highest BCUT2D eigenvalue weighted by atomic mass is 32.2. The molecule has 2 aromatic carbocycles. The van der Waals surface area contributed by atoms with Crippen LogP contribution in [0.1, 0.15) is 24.0 Å². The minimum atomic E-state index is -3.53. The molecule has 2 heterocycles. The highest BCUT2D eigenvalue weighted by Gasteiger charge is 2.26. The number of ether oxygens (including phenoxy) is 2. The second-order valence-electron chi connectivity index (χ2n) is 7.50. The molecule has 2 aromatic rings. The van der Waals surface area contributed by atoms with Gasteiger partial charge in [0.15, 0.2) is 0 Å². The Morgan fingerprint density at radius 3 is 2.55 bits per heavy atom. The van der Waals surface area contributed by atoms with Crippen molar-refractivity contribution in [2.45, 2.75) is 30.6 Å². The Labute approximate surface area is 181 Å². The summed E-state index contributed by atoms with van der Waals surface area (Å²) in [4.78, 5) is 23.9. The number of morpholine rings is 1. The number of nitrogens with zero attached hydrogens (tertiary/aromatic N) is 1. The van der Waals surface area contributed by atoms with E-state index in [2.05, 4.69) is 5.32 Å². The van der Waals surface area contributed by atoms with Crippen molar-refractivity contribution in [2.75, 3.05) is 31.6 Å². The fourth-order valence-electron chi connectivity index (χ4n) is 3.62. The maximum absolute atomic E-state index is 12.7. The van der Waals surface area contributed by atoms with E-state index in [0.717, 1.165) is 16.8 Å². The summed E-state index contributed by atoms with van der Waals surface area (Å²) in [6.07, 6.45) is 1.65. The van der Waals surface area contributed by atoms with Crippen LogP contribution in [0.25, 0.3) is 0 Å². The molecule has 1 fully saturated rings. The molecule has 1 amide bonds. The summed E-state index contributed by atoms with van der Waals surface area (Å²) in [6, 6.07) is 11.8. The molecule has 2 aliphatic heterocycles. The standard InChI is InChI=1S/C22H24N2O6S/c25-21-9-4-17-15-18(5-8-20(17)23-21)30-22(26)10-3-16-1-6-19(7-2-16)31(27,28)24-11-13-29-14-12-24/h1-2,5-8,15H,3-4,9-14H2,(H,23,25). The average molecular weight is 445 g/mol. The molecule has 1 saturated heterocycles. The first-order chi connectivity index (χ1) is 14.9. The smallest absolute Gasteiger partial charge is 0.311 e. The number of carbonyl (C=O) groups excluding carboxylic acids is 2. The van der Waals surface area contributed by atoms with E-state index in [0.29, 0.717) is 51.3 Å². The Kier molecular flexibility index (Phi) is 6.35. The maximum Gasteiger partial charge on any atom is 0.311 e. The SMILES string of the molecule is O=C1CCc2cc(OC(=O)CCc3ccc(S(=O)(=O)N4CCOCC4)cc3)ccc2N1. The van der Waals surface area contributed by atoms with E-state index in [9.17, 15) is 18.0 Å². The van der Waals surface area contributed by atoms with Gasteiger partial charge in [0, 0.05) is 31.6 Å². The molecule has 0 spiro atoms. The van der Waals surface area contributed by atoms with Crippen molar-refractivity contribution in [1.82, 2.24) is 4.31 Å². The third kappa shape index (κ3) is 5.12. The van der Waals surface area contributed by atoms with Crippen molar-refractivity contribution in [3.63, 3.8) is 0 Å². The summed E-state index contributed by atoms with van der Waals surface area (Å²) in [6.45, 7) is 1.51. The van der Waals surface area contributed by atoms with Crippen molar-refractivity contribution in [1.29, 1.82) is 0 Å². The Hall–Kier alpha value is -2.75. The first-order valence-corrected chi connectivity index (χ1v) is 11.7. The van der Waals surface area contributed by atoms with E-state index >= 15 is 0 Å². The maximum atomic E-state index is 12.7. The number of carbonyl (C=O) groups is 2. The van der Waals surface area contributed by atoms with E-state index in [-0.39, 0.29) is 23.2 Å². The van der Waals surface area contributed by atoms with Gasteiger partial charge in [0.1, 0.15) is 5.75 Å². The second-order valence-corrected chi connectivity index (χ2v) is 9.44. The molecule has 9 heteroatoms. The Balaban J connectivity index is 1.32. The zero-order chi connectivity index (χ0) is 21.8. The van der Waals surface area contributed by atoms with E-state index in [4.69, 9.17) is 9.47 Å². The van der Waals surface area contributed by atoms with E-state index in [1.165, 1.54) is 4.31 Å². The molecular formula is C22H24N2O6S. The van der Waals surface area contributed by atoms with Gasteiger partial charge in [0.2, 0.25) is 15.9 Å². The Morgan fingerprint density at radius 2 is 1.81 bits per heavy atom. The van der Waals surface area contributed by atoms with Crippen LogP contribution < -0.4 is 10.1 Å². The van der Waals surface area contributed by atoms with Crippen LogP contribution in [0, 0.1) is 0 Å². The molecule has 164 valence electrons. The monoisotopic (exact) mass is 444 g/mol. The molecule has 8 nitrogen and oxygen atoms in total. The molecule has 0 bridgehead atoms.